The van der Waals surface area contributed by atoms with E-state index in [9.17, 15) is 43.8 Å². The van der Waals surface area contributed by atoms with Gasteiger partial charge in [0.2, 0.25) is 35.4 Å². The van der Waals surface area contributed by atoms with Gasteiger partial charge in [0.15, 0.2) is 0 Å². The van der Waals surface area contributed by atoms with Crippen LogP contribution in [-0.4, -0.2) is 195 Å². The Bertz CT molecular complexity index is 2380. The Labute approximate surface area is 466 Å². The number of aliphatic hydroxyl groups excluding tert-OH is 2. The van der Waals surface area contributed by atoms with Crippen molar-refractivity contribution in [3.8, 4) is 5.75 Å². The van der Waals surface area contributed by atoms with Gasteiger partial charge in [-0.25, -0.2) is 4.79 Å². The fourth-order valence-electron chi connectivity index (χ4n) is 11.8. The van der Waals surface area contributed by atoms with E-state index >= 15 is 14.4 Å². The van der Waals surface area contributed by atoms with Crippen molar-refractivity contribution in [3.63, 3.8) is 0 Å². The molecule has 4 saturated heterocycles. The van der Waals surface area contributed by atoms with Crippen molar-refractivity contribution in [3.05, 3.63) is 29.8 Å². The summed E-state index contributed by atoms with van der Waals surface area (Å²) in [6.07, 6.45) is -3.09. The van der Waals surface area contributed by atoms with E-state index in [1.807, 2.05) is 27.7 Å². The predicted octanol–water partition coefficient (Wildman–Crippen LogP) is 2.69. The minimum absolute atomic E-state index is 0.0418. The van der Waals surface area contributed by atoms with Crippen LogP contribution in [-0.2, 0) is 59.1 Å². The van der Waals surface area contributed by atoms with Gasteiger partial charge in [-0.2, -0.15) is 0 Å². The molecule has 79 heavy (non-hydrogen) atoms. The number of likely N-dealkylation sites (N-methyl/N-ethyl adjacent to an activating group) is 2. The van der Waals surface area contributed by atoms with Crippen molar-refractivity contribution in [1.29, 1.82) is 0 Å². The van der Waals surface area contributed by atoms with Crippen LogP contribution in [0.1, 0.15) is 133 Å². The van der Waals surface area contributed by atoms with Gasteiger partial charge in [0.1, 0.15) is 65.8 Å². The summed E-state index contributed by atoms with van der Waals surface area (Å²) in [5.41, 5.74) is 0.593. The SMILES string of the molecule is CC[C@H](C)[C@H]1NC(=O)C(N2CC(C)CC(N(C)C(=O)[C@@H]3CCCN3C(=O)[C@H](C)O)C2=O)[C@@H](C)OC(=O)[C@H](Cc2ccc(OC)cc2)N(C)C(=O)[C@@H]2CCCN2C(=O)[C@H](CC(C)C)NC(=O)[C@@H](C)C(=O)[C@H](C(C)C)CC(=O)C[C@@H]1O. The van der Waals surface area contributed by atoms with E-state index in [0.717, 1.165) is 0 Å². The van der Waals surface area contributed by atoms with E-state index in [1.54, 1.807) is 45.0 Å². The number of aliphatic hydroxyl groups is 2. The second-order valence-corrected chi connectivity index (χ2v) is 23.6. The molecule has 1 aromatic rings. The zero-order valence-corrected chi connectivity index (χ0v) is 48.8. The number of rotatable bonds is 12. The van der Waals surface area contributed by atoms with Crippen LogP contribution < -0.4 is 15.4 Å². The van der Waals surface area contributed by atoms with Crippen molar-refractivity contribution in [2.24, 2.45) is 35.5 Å². The van der Waals surface area contributed by atoms with E-state index in [0.29, 0.717) is 37.0 Å². The number of nitrogens with zero attached hydrogens (tertiary/aromatic N) is 5. The molecule has 440 valence electrons. The number of ketones is 2. The van der Waals surface area contributed by atoms with Gasteiger partial charge in [0, 0.05) is 58.9 Å². The summed E-state index contributed by atoms with van der Waals surface area (Å²) in [6.45, 7) is 17.2. The van der Waals surface area contributed by atoms with E-state index in [-0.39, 0.29) is 63.6 Å². The summed E-state index contributed by atoms with van der Waals surface area (Å²) >= 11 is 0. The molecule has 0 spiro atoms. The first-order valence-electron chi connectivity index (χ1n) is 28.4. The van der Waals surface area contributed by atoms with E-state index in [1.165, 1.54) is 66.5 Å². The molecule has 0 aromatic heterocycles. The number of methoxy groups -OCH3 is 1. The number of esters is 1. The summed E-state index contributed by atoms with van der Waals surface area (Å²) in [5.74, 6) is -9.60. The Kier molecular flexibility index (Phi) is 22.6. The van der Waals surface area contributed by atoms with E-state index in [2.05, 4.69) is 10.6 Å². The van der Waals surface area contributed by atoms with Crippen LogP contribution in [0.3, 0.4) is 0 Å². The molecule has 0 saturated carbocycles. The Hall–Kier alpha value is -5.96. The van der Waals surface area contributed by atoms with Gasteiger partial charge in [-0.3, -0.25) is 43.2 Å². The number of cyclic esters (lactones) is 1. The minimum atomic E-state index is -1.63. The zero-order chi connectivity index (χ0) is 58.9. The number of Topliss-reactive ketones (excluding diaryl/α,β-unsaturated/α-hetero) is 2. The number of amides is 7. The smallest absolute Gasteiger partial charge is 0.329 e. The van der Waals surface area contributed by atoms with Gasteiger partial charge >= 0.3 is 5.97 Å². The number of likely N-dealkylation sites (tertiary alicyclic amines) is 2. The van der Waals surface area contributed by atoms with Crippen molar-refractivity contribution in [1.82, 2.24) is 35.1 Å². The summed E-state index contributed by atoms with van der Waals surface area (Å²) in [4.78, 5) is 151. The summed E-state index contributed by atoms with van der Waals surface area (Å²) in [5, 5.41) is 27.9. The first-order valence-corrected chi connectivity index (χ1v) is 28.4. The van der Waals surface area contributed by atoms with E-state index < -0.39 is 150 Å². The van der Waals surface area contributed by atoms with E-state index in [4.69, 9.17) is 9.47 Å². The van der Waals surface area contributed by atoms with Gasteiger partial charge < -0.3 is 54.8 Å². The Morgan fingerprint density at radius 2 is 1.49 bits per heavy atom. The molecule has 5 rings (SSSR count). The molecule has 0 radical (unpaired) electrons. The number of carbonyl (C=O) groups is 10. The quantitative estimate of drug-likeness (QED) is 0.173. The van der Waals surface area contributed by atoms with Crippen molar-refractivity contribution < 1.29 is 67.6 Å². The fraction of sp³-hybridized carbons (Fsp3) is 0.724. The standard InChI is InChI=1S/C58H89N7O14/c1-14-34(7)48-47(68)29-39(67)28-41(32(4)5)50(69)35(8)51(70)59-42(25-31(2)3)54(73)64-24-16-18-44(64)56(75)62(12)46(27-38-19-21-40(78-13)22-20-38)58(77)79-37(10)49(52(71)60-48)65-30-33(6)26-45(57(65)76)61(11)55(74)43-17-15-23-63(43)53(72)36(9)66/h19-22,31-37,41-49,66,68H,14-18,23-30H2,1-13H3,(H,59,70)(H,60,71)/t33?,34-,35-,36-,37+,41-,42-,43-,44-,45?,46-,47-,48+,49?/m0/s1. The third-order valence-corrected chi connectivity index (χ3v) is 16.7. The number of ether oxygens (including phenoxy) is 2. The van der Waals surface area contributed by atoms with Gasteiger partial charge in [-0.15, -0.1) is 0 Å². The molecule has 1 aromatic carbocycles. The highest BCUT2D eigenvalue weighted by Crippen LogP contribution is 2.31. The largest absolute Gasteiger partial charge is 0.497 e. The molecule has 21 heteroatoms. The molecular formula is C58H89N7O14. The number of piperidine rings is 1. The molecule has 21 nitrogen and oxygen atoms in total. The molecule has 0 bridgehead atoms. The monoisotopic (exact) mass is 1110 g/mol. The first-order chi connectivity index (χ1) is 37.1. The highest BCUT2D eigenvalue weighted by atomic mass is 16.5. The lowest BCUT2D eigenvalue weighted by molar-refractivity contribution is -0.169. The molecule has 4 fully saturated rings. The van der Waals surface area contributed by atoms with Gasteiger partial charge in [0.25, 0.3) is 5.91 Å². The third kappa shape index (κ3) is 15.3. The van der Waals surface area contributed by atoms with Crippen LogP contribution in [0, 0.1) is 35.5 Å². The molecule has 0 aliphatic carbocycles. The minimum Gasteiger partial charge on any atom is -0.497 e. The maximum absolute atomic E-state index is 15.3. The van der Waals surface area contributed by atoms with Gasteiger partial charge in [-0.1, -0.05) is 67.0 Å². The molecular weight excluding hydrogens is 1020 g/mol. The molecule has 4 aliphatic heterocycles. The summed E-state index contributed by atoms with van der Waals surface area (Å²) < 4.78 is 11.7. The molecule has 7 amide bonds. The number of nitrogens with one attached hydrogen (secondary N) is 2. The van der Waals surface area contributed by atoms with Crippen LogP contribution in [0.25, 0.3) is 0 Å². The lowest BCUT2D eigenvalue weighted by Crippen LogP contribution is -2.66. The van der Waals surface area contributed by atoms with Crippen LogP contribution in [0.2, 0.25) is 0 Å². The second-order valence-electron chi connectivity index (χ2n) is 23.6. The highest BCUT2D eigenvalue weighted by Gasteiger charge is 2.49. The number of carbonyl (C=O) groups excluding carboxylic acids is 10. The van der Waals surface area contributed by atoms with Gasteiger partial charge in [0.05, 0.1) is 25.2 Å². The maximum Gasteiger partial charge on any atom is 0.329 e. The molecule has 4 N–H and O–H groups in total. The molecule has 14 atom stereocenters. The summed E-state index contributed by atoms with van der Waals surface area (Å²) in [7, 11) is 4.38. The van der Waals surface area contributed by atoms with Crippen molar-refractivity contribution >= 4 is 58.9 Å². The average Bonchev–Trinajstić information content (AvgIpc) is 4.11. The molecule has 4 heterocycles. The maximum atomic E-state index is 15.3. The van der Waals surface area contributed by atoms with Crippen molar-refractivity contribution in [2.45, 2.75) is 194 Å². The molecule has 4 aliphatic rings. The van der Waals surface area contributed by atoms with Crippen LogP contribution in [0.5, 0.6) is 5.75 Å². The number of fused-ring (bicyclic) bond motifs is 1. The Balaban J connectivity index is 1.64. The predicted molar refractivity (Wildman–Crippen MR) is 291 cm³/mol. The van der Waals surface area contributed by atoms with Crippen LogP contribution in [0.4, 0.5) is 0 Å². The zero-order valence-electron chi connectivity index (χ0n) is 48.8. The topological polar surface area (TPSA) is 270 Å². The van der Waals surface area contributed by atoms with Gasteiger partial charge in [-0.05, 0) is 101 Å². The summed E-state index contributed by atoms with van der Waals surface area (Å²) in [6, 6.07) is -1.63. The third-order valence-electron chi connectivity index (χ3n) is 16.7. The number of hydrogen-bond donors (Lipinski definition) is 4. The Morgan fingerprint density at radius 3 is 2.09 bits per heavy atom. The Morgan fingerprint density at radius 1 is 0.848 bits per heavy atom. The number of benzene rings is 1. The van der Waals surface area contributed by atoms with Crippen LogP contribution in [0.15, 0.2) is 24.3 Å². The lowest BCUT2D eigenvalue weighted by atomic mass is 9.80. The fourth-order valence-corrected chi connectivity index (χ4v) is 11.8. The molecule has 3 unspecified atom stereocenters. The lowest BCUT2D eigenvalue weighted by Gasteiger charge is -2.45. The first kappa shape index (κ1) is 63.9. The highest BCUT2D eigenvalue weighted by molar-refractivity contribution is 6.05. The normalized spacial score (nSPS) is 30.5. The van der Waals surface area contributed by atoms with Crippen LogP contribution >= 0.6 is 0 Å². The van der Waals surface area contributed by atoms with Crippen molar-refractivity contribution in [2.75, 3.05) is 40.8 Å². The average molecular weight is 1110 g/mol. The number of hydrogen-bond acceptors (Lipinski definition) is 14. The second kappa shape index (κ2) is 28.0.